The molecule has 26 heavy (non-hydrogen) atoms. The zero-order valence-electron chi connectivity index (χ0n) is 15.1. The summed E-state index contributed by atoms with van der Waals surface area (Å²) in [6.45, 7) is 4.09. The predicted molar refractivity (Wildman–Crippen MR) is 107 cm³/mol. The SMILES string of the molecule is Cc1cc(OCC(=O)Nc2ccc(N3CCCCCC3)cc2)ccc1Cl. The summed E-state index contributed by atoms with van der Waals surface area (Å²) in [6, 6.07) is 13.4. The highest BCUT2D eigenvalue weighted by molar-refractivity contribution is 6.31. The summed E-state index contributed by atoms with van der Waals surface area (Å²) in [6.07, 6.45) is 5.13. The topological polar surface area (TPSA) is 41.6 Å². The lowest BCUT2D eigenvalue weighted by atomic mass is 10.2. The maximum atomic E-state index is 12.1. The summed E-state index contributed by atoms with van der Waals surface area (Å²) in [4.78, 5) is 14.5. The molecule has 1 heterocycles. The third kappa shape index (κ3) is 5.15. The zero-order chi connectivity index (χ0) is 18.4. The molecule has 1 saturated heterocycles. The molecule has 1 fully saturated rings. The van der Waals surface area contributed by atoms with E-state index in [2.05, 4.69) is 22.3 Å². The number of aryl methyl sites for hydroxylation is 1. The maximum absolute atomic E-state index is 12.1. The van der Waals surface area contributed by atoms with Crippen LogP contribution in [0.15, 0.2) is 42.5 Å². The zero-order valence-corrected chi connectivity index (χ0v) is 15.9. The van der Waals surface area contributed by atoms with Crippen LogP contribution in [0.3, 0.4) is 0 Å². The van der Waals surface area contributed by atoms with Crippen LogP contribution in [-0.4, -0.2) is 25.6 Å². The molecule has 1 amide bonds. The van der Waals surface area contributed by atoms with Crippen molar-refractivity contribution in [2.24, 2.45) is 0 Å². The Hall–Kier alpha value is -2.20. The van der Waals surface area contributed by atoms with Crippen molar-refractivity contribution in [3.63, 3.8) is 0 Å². The third-order valence-electron chi connectivity index (χ3n) is 4.62. The number of benzene rings is 2. The molecule has 2 aromatic carbocycles. The Kier molecular flexibility index (Phi) is 6.40. The van der Waals surface area contributed by atoms with Crippen molar-refractivity contribution in [3.8, 4) is 5.75 Å². The summed E-state index contributed by atoms with van der Waals surface area (Å²) >= 11 is 5.99. The van der Waals surface area contributed by atoms with Crippen molar-refractivity contribution in [1.29, 1.82) is 0 Å². The molecular formula is C21H25ClN2O2. The molecule has 1 aliphatic heterocycles. The van der Waals surface area contributed by atoms with Gasteiger partial charge in [-0.05, 0) is 67.8 Å². The normalized spacial score (nSPS) is 14.6. The number of carbonyl (C=O) groups excluding carboxylic acids is 1. The van der Waals surface area contributed by atoms with E-state index in [-0.39, 0.29) is 12.5 Å². The van der Waals surface area contributed by atoms with Gasteiger partial charge in [0.05, 0.1) is 0 Å². The number of hydrogen-bond donors (Lipinski definition) is 1. The van der Waals surface area contributed by atoms with Crippen LogP contribution < -0.4 is 15.0 Å². The van der Waals surface area contributed by atoms with Gasteiger partial charge in [0, 0.05) is 29.5 Å². The first-order valence-corrected chi connectivity index (χ1v) is 9.53. The largest absolute Gasteiger partial charge is 0.484 e. The first-order chi connectivity index (χ1) is 12.6. The number of ether oxygens (including phenoxy) is 1. The van der Waals surface area contributed by atoms with Crippen molar-refractivity contribution in [2.45, 2.75) is 32.6 Å². The molecule has 0 atom stereocenters. The molecule has 0 unspecified atom stereocenters. The Morgan fingerprint density at radius 2 is 1.77 bits per heavy atom. The van der Waals surface area contributed by atoms with E-state index in [1.54, 1.807) is 12.1 Å². The van der Waals surface area contributed by atoms with Gasteiger partial charge in [0.15, 0.2) is 6.61 Å². The van der Waals surface area contributed by atoms with E-state index in [9.17, 15) is 4.79 Å². The Balaban J connectivity index is 1.51. The van der Waals surface area contributed by atoms with E-state index in [0.717, 1.165) is 24.3 Å². The third-order valence-corrected chi connectivity index (χ3v) is 5.05. The molecular weight excluding hydrogens is 348 g/mol. The summed E-state index contributed by atoms with van der Waals surface area (Å²) in [5.74, 6) is 0.457. The van der Waals surface area contributed by atoms with Gasteiger partial charge in [0.1, 0.15) is 5.75 Å². The van der Waals surface area contributed by atoms with Crippen LogP contribution in [0.2, 0.25) is 5.02 Å². The number of carbonyl (C=O) groups is 1. The van der Waals surface area contributed by atoms with Crippen LogP contribution in [0.25, 0.3) is 0 Å². The lowest BCUT2D eigenvalue weighted by Gasteiger charge is -2.22. The van der Waals surface area contributed by atoms with E-state index in [1.807, 2.05) is 25.1 Å². The van der Waals surface area contributed by atoms with Gasteiger partial charge in [-0.25, -0.2) is 0 Å². The summed E-state index contributed by atoms with van der Waals surface area (Å²) in [5.41, 5.74) is 2.93. The fraction of sp³-hybridized carbons (Fsp3) is 0.381. The predicted octanol–water partition coefficient (Wildman–Crippen LogP) is 5.05. The van der Waals surface area contributed by atoms with Crippen LogP contribution in [0, 0.1) is 6.92 Å². The Morgan fingerprint density at radius 3 is 2.42 bits per heavy atom. The molecule has 4 nitrogen and oxygen atoms in total. The second-order valence-corrected chi connectivity index (χ2v) is 7.10. The summed E-state index contributed by atoms with van der Waals surface area (Å²) in [7, 11) is 0. The monoisotopic (exact) mass is 372 g/mol. The minimum Gasteiger partial charge on any atom is -0.484 e. The Morgan fingerprint density at radius 1 is 1.08 bits per heavy atom. The smallest absolute Gasteiger partial charge is 0.262 e. The second-order valence-electron chi connectivity index (χ2n) is 6.70. The first-order valence-electron chi connectivity index (χ1n) is 9.15. The van der Waals surface area contributed by atoms with E-state index >= 15 is 0 Å². The molecule has 0 radical (unpaired) electrons. The van der Waals surface area contributed by atoms with Crippen molar-refractivity contribution in [1.82, 2.24) is 0 Å². The molecule has 5 heteroatoms. The molecule has 0 saturated carbocycles. The van der Waals surface area contributed by atoms with Crippen LogP contribution in [0.5, 0.6) is 5.75 Å². The van der Waals surface area contributed by atoms with Gasteiger partial charge in [-0.3, -0.25) is 4.79 Å². The quantitative estimate of drug-likeness (QED) is 0.798. The minimum absolute atomic E-state index is 0.0328. The number of nitrogens with zero attached hydrogens (tertiary/aromatic N) is 1. The average Bonchev–Trinajstić information content (AvgIpc) is 2.93. The highest BCUT2D eigenvalue weighted by Crippen LogP contribution is 2.22. The second kappa shape index (κ2) is 8.95. The highest BCUT2D eigenvalue weighted by Gasteiger charge is 2.10. The lowest BCUT2D eigenvalue weighted by molar-refractivity contribution is -0.118. The summed E-state index contributed by atoms with van der Waals surface area (Å²) < 4.78 is 5.53. The Labute approximate surface area is 160 Å². The number of hydrogen-bond acceptors (Lipinski definition) is 3. The van der Waals surface area contributed by atoms with E-state index < -0.39 is 0 Å². The highest BCUT2D eigenvalue weighted by atomic mass is 35.5. The van der Waals surface area contributed by atoms with Gasteiger partial charge in [-0.15, -0.1) is 0 Å². The molecule has 0 aliphatic carbocycles. The van der Waals surface area contributed by atoms with Crippen molar-refractivity contribution < 1.29 is 9.53 Å². The maximum Gasteiger partial charge on any atom is 0.262 e. The van der Waals surface area contributed by atoms with Crippen LogP contribution in [0.4, 0.5) is 11.4 Å². The van der Waals surface area contributed by atoms with Crippen molar-refractivity contribution in [3.05, 3.63) is 53.1 Å². The number of amides is 1. The standard InChI is InChI=1S/C21H25ClN2O2/c1-16-14-19(10-11-20(16)22)26-15-21(25)23-17-6-8-18(9-7-17)24-12-4-2-3-5-13-24/h6-11,14H,2-5,12-13,15H2,1H3,(H,23,25). The van der Waals surface area contributed by atoms with Crippen molar-refractivity contribution in [2.75, 3.05) is 29.9 Å². The average molecular weight is 373 g/mol. The molecule has 1 aliphatic rings. The fourth-order valence-corrected chi connectivity index (χ4v) is 3.25. The number of nitrogens with one attached hydrogen (secondary N) is 1. The number of rotatable bonds is 5. The van der Waals surface area contributed by atoms with Crippen LogP contribution in [0.1, 0.15) is 31.2 Å². The van der Waals surface area contributed by atoms with Crippen LogP contribution >= 0.6 is 11.6 Å². The van der Waals surface area contributed by atoms with E-state index in [4.69, 9.17) is 16.3 Å². The van der Waals surface area contributed by atoms with Gasteiger partial charge in [0.2, 0.25) is 0 Å². The van der Waals surface area contributed by atoms with E-state index in [1.165, 1.54) is 31.4 Å². The van der Waals surface area contributed by atoms with Gasteiger partial charge in [-0.1, -0.05) is 24.4 Å². The van der Waals surface area contributed by atoms with Gasteiger partial charge in [-0.2, -0.15) is 0 Å². The molecule has 0 spiro atoms. The molecule has 0 aromatic heterocycles. The van der Waals surface area contributed by atoms with Gasteiger partial charge in [0.25, 0.3) is 5.91 Å². The van der Waals surface area contributed by atoms with Gasteiger partial charge >= 0.3 is 0 Å². The first kappa shape index (κ1) is 18.6. The van der Waals surface area contributed by atoms with E-state index in [0.29, 0.717) is 10.8 Å². The minimum atomic E-state index is -0.180. The van der Waals surface area contributed by atoms with Crippen molar-refractivity contribution >= 4 is 28.9 Å². The van der Waals surface area contributed by atoms with Crippen LogP contribution in [-0.2, 0) is 4.79 Å². The number of halogens is 1. The lowest BCUT2D eigenvalue weighted by Crippen LogP contribution is -2.24. The fourth-order valence-electron chi connectivity index (χ4n) is 3.14. The molecule has 3 rings (SSSR count). The summed E-state index contributed by atoms with van der Waals surface area (Å²) in [5, 5.41) is 3.56. The molecule has 2 aromatic rings. The molecule has 0 bridgehead atoms. The Bertz CT molecular complexity index is 738. The van der Waals surface area contributed by atoms with Gasteiger partial charge < -0.3 is 15.0 Å². The molecule has 1 N–H and O–H groups in total. The molecule has 138 valence electrons. The number of anilines is 2.